The third-order valence-corrected chi connectivity index (χ3v) is 5.30. The van der Waals surface area contributed by atoms with Gasteiger partial charge in [0.05, 0.1) is 5.41 Å². The number of amides is 2. The van der Waals surface area contributed by atoms with Gasteiger partial charge in [0.25, 0.3) is 0 Å². The first-order valence-electron chi connectivity index (χ1n) is 9.31. The molecule has 27 heavy (non-hydrogen) atoms. The molecule has 2 N–H and O–H groups in total. The largest absolute Gasteiger partial charge is 0.326 e. The van der Waals surface area contributed by atoms with Gasteiger partial charge in [-0.05, 0) is 55.2 Å². The second-order valence-corrected chi connectivity index (χ2v) is 7.57. The van der Waals surface area contributed by atoms with Crippen LogP contribution in [-0.4, -0.2) is 11.8 Å². The Morgan fingerprint density at radius 3 is 2.41 bits per heavy atom. The van der Waals surface area contributed by atoms with Crippen LogP contribution in [0, 0.1) is 18.7 Å². The zero-order valence-electron chi connectivity index (χ0n) is 15.9. The van der Waals surface area contributed by atoms with E-state index in [0.29, 0.717) is 29.8 Å². The predicted molar refractivity (Wildman–Crippen MR) is 105 cm³/mol. The van der Waals surface area contributed by atoms with Crippen LogP contribution in [0.25, 0.3) is 0 Å². The fourth-order valence-electron chi connectivity index (χ4n) is 3.33. The Morgan fingerprint density at radius 2 is 1.81 bits per heavy atom. The predicted octanol–water partition coefficient (Wildman–Crippen LogP) is 4.79. The van der Waals surface area contributed by atoms with Crippen LogP contribution in [0.3, 0.4) is 0 Å². The highest BCUT2D eigenvalue weighted by molar-refractivity contribution is 6.01. The van der Waals surface area contributed by atoms with Crippen molar-refractivity contribution in [2.24, 2.45) is 5.92 Å². The van der Waals surface area contributed by atoms with E-state index in [4.69, 9.17) is 0 Å². The number of aryl methyl sites for hydroxylation is 1. The van der Waals surface area contributed by atoms with Gasteiger partial charge >= 0.3 is 0 Å². The van der Waals surface area contributed by atoms with E-state index in [1.807, 2.05) is 39.0 Å². The highest BCUT2D eigenvalue weighted by atomic mass is 19.1. The Bertz CT molecular complexity index is 872. The van der Waals surface area contributed by atoms with Crippen molar-refractivity contribution in [3.05, 3.63) is 59.4 Å². The summed E-state index contributed by atoms with van der Waals surface area (Å²) in [7, 11) is 0. The van der Waals surface area contributed by atoms with E-state index in [-0.39, 0.29) is 23.5 Å². The molecule has 2 amide bonds. The van der Waals surface area contributed by atoms with Crippen LogP contribution in [-0.2, 0) is 15.0 Å². The van der Waals surface area contributed by atoms with Crippen molar-refractivity contribution in [2.75, 3.05) is 10.6 Å². The molecule has 1 aliphatic rings. The van der Waals surface area contributed by atoms with E-state index in [0.717, 1.165) is 12.0 Å². The molecular weight excluding hydrogens is 343 g/mol. The molecule has 3 rings (SSSR count). The Labute approximate surface area is 159 Å². The number of hydrogen-bond donors (Lipinski definition) is 2. The highest BCUT2D eigenvalue weighted by Gasteiger charge is 2.45. The molecular formula is C22H25FN2O2. The number of rotatable bonds is 5. The molecule has 2 aromatic carbocycles. The molecule has 1 saturated carbocycles. The van der Waals surface area contributed by atoms with Crippen LogP contribution >= 0.6 is 0 Å². The highest BCUT2D eigenvalue weighted by Crippen LogP contribution is 2.45. The molecule has 4 nitrogen and oxygen atoms in total. The molecule has 0 atom stereocenters. The van der Waals surface area contributed by atoms with Crippen molar-refractivity contribution >= 4 is 23.2 Å². The van der Waals surface area contributed by atoms with Gasteiger partial charge in [0.2, 0.25) is 11.8 Å². The minimum atomic E-state index is -0.689. The Balaban J connectivity index is 1.83. The van der Waals surface area contributed by atoms with Crippen LogP contribution < -0.4 is 10.6 Å². The van der Waals surface area contributed by atoms with Gasteiger partial charge in [0.1, 0.15) is 5.82 Å². The molecule has 0 aromatic heterocycles. The molecule has 0 radical (unpaired) electrons. The lowest BCUT2D eigenvalue weighted by Gasteiger charge is -2.40. The van der Waals surface area contributed by atoms with E-state index in [1.54, 1.807) is 12.1 Å². The van der Waals surface area contributed by atoms with Gasteiger partial charge in [-0.15, -0.1) is 0 Å². The maximum Gasteiger partial charge on any atom is 0.235 e. The first-order chi connectivity index (χ1) is 12.8. The van der Waals surface area contributed by atoms with Crippen molar-refractivity contribution in [2.45, 2.75) is 45.4 Å². The summed E-state index contributed by atoms with van der Waals surface area (Å²) in [5.41, 5.74) is 2.23. The number of halogens is 1. The van der Waals surface area contributed by atoms with Crippen molar-refractivity contribution in [3.63, 3.8) is 0 Å². The zero-order chi connectivity index (χ0) is 19.6. The second-order valence-electron chi connectivity index (χ2n) is 7.57. The quantitative estimate of drug-likeness (QED) is 0.797. The van der Waals surface area contributed by atoms with Gasteiger partial charge in [-0.3, -0.25) is 9.59 Å². The Morgan fingerprint density at radius 1 is 1.07 bits per heavy atom. The summed E-state index contributed by atoms with van der Waals surface area (Å²) in [5, 5.41) is 5.85. The fourth-order valence-corrected chi connectivity index (χ4v) is 3.33. The zero-order valence-corrected chi connectivity index (χ0v) is 15.9. The second kappa shape index (κ2) is 7.51. The van der Waals surface area contributed by atoms with Crippen molar-refractivity contribution in [3.8, 4) is 0 Å². The third kappa shape index (κ3) is 3.87. The first-order valence-corrected chi connectivity index (χ1v) is 9.31. The molecule has 1 fully saturated rings. The van der Waals surface area contributed by atoms with Gasteiger partial charge in [-0.2, -0.15) is 0 Å². The molecule has 0 aliphatic heterocycles. The van der Waals surface area contributed by atoms with Gasteiger partial charge in [-0.25, -0.2) is 4.39 Å². The Hall–Kier alpha value is -2.69. The fraction of sp³-hybridized carbons (Fsp3) is 0.364. The summed E-state index contributed by atoms with van der Waals surface area (Å²) in [6.45, 7) is 5.55. The topological polar surface area (TPSA) is 58.2 Å². The first kappa shape index (κ1) is 19.1. The summed E-state index contributed by atoms with van der Waals surface area (Å²) < 4.78 is 13.7. The average Bonchev–Trinajstić information content (AvgIpc) is 2.57. The lowest BCUT2D eigenvalue weighted by molar-refractivity contribution is -0.124. The molecule has 0 spiro atoms. The normalized spacial score (nSPS) is 15.1. The smallest absolute Gasteiger partial charge is 0.235 e. The molecule has 0 bridgehead atoms. The molecule has 1 aliphatic carbocycles. The van der Waals surface area contributed by atoms with Crippen molar-refractivity contribution in [1.29, 1.82) is 0 Å². The number of anilines is 2. The standard InChI is InChI=1S/C22H25FN2O2/c1-14(2)20(26)24-18-9-8-15(3)19(13-18)25-21(27)22(10-5-11-22)16-6-4-7-17(23)12-16/h4,6-9,12-14H,5,10-11H2,1-3H3,(H,24,26)(H,25,27). The average molecular weight is 368 g/mol. The number of benzene rings is 2. The summed E-state index contributed by atoms with van der Waals surface area (Å²) >= 11 is 0. The van der Waals surface area contributed by atoms with Crippen LogP contribution in [0.2, 0.25) is 0 Å². The summed E-state index contributed by atoms with van der Waals surface area (Å²) in [4.78, 5) is 25.0. The Kier molecular flexibility index (Phi) is 5.31. The molecule has 0 heterocycles. The minimum Gasteiger partial charge on any atom is -0.326 e. The minimum absolute atomic E-state index is 0.0775. The number of hydrogen-bond acceptors (Lipinski definition) is 2. The van der Waals surface area contributed by atoms with Crippen LogP contribution in [0.4, 0.5) is 15.8 Å². The van der Waals surface area contributed by atoms with Crippen LogP contribution in [0.5, 0.6) is 0 Å². The van der Waals surface area contributed by atoms with E-state index in [2.05, 4.69) is 10.6 Å². The van der Waals surface area contributed by atoms with E-state index < -0.39 is 5.41 Å². The lowest BCUT2D eigenvalue weighted by atomic mass is 9.63. The van der Waals surface area contributed by atoms with Crippen molar-refractivity contribution < 1.29 is 14.0 Å². The summed E-state index contributed by atoms with van der Waals surface area (Å²) in [6, 6.07) is 11.7. The molecule has 5 heteroatoms. The third-order valence-electron chi connectivity index (χ3n) is 5.30. The van der Waals surface area contributed by atoms with Gasteiger partial charge in [0.15, 0.2) is 0 Å². The van der Waals surface area contributed by atoms with Gasteiger partial charge in [-0.1, -0.05) is 38.5 Å². The van der Waals surface area contributed by atoms with E-state index in [1.165, 1.54) is 12.1 Å². The molecule has 2 aromatic rings. The number of carbonyl (C=O) groups is 2. The maximum absolute atomic E-state index is 13.7. The van der Waals surface area contributed by atoms with Gasteiger partial charge < -0.3 is 10.6 Å². The summed E-state index contributed by atoms with van der Waals surface area (Å²) in [5.74, 6) is -0.669. The summed E-state index contributed by atoms with van der Waals surface area (Å²) in [6.07, 6.45) is 2.34. The van der Waals surface area contributed by atoms with E-state index in [9.17, 15) is 14.0 Å². The lowest BCUT2D eigenvalue weighted by Crippen LogP contribution is -2.46. The number of nitrogens with one attached hydrogen (secondary N) is 2. The number of carbonyl (C=O) groups excluding carboxylic acids is 2. The molecule has 0 unspecified atom stereocenters. The molecule has 0 saturated heterocycles. The van der Waals surface area contributed by atoms with Crippen LogP contribution in [0.1, 0.15) is 44.2 Å². The monoisotopic (exact) mass is 368 g/mol. The van der Waals surface area contributed by atoms with Crippen LogP contribution in [0.15, 0.2) is 42.5 Å². The molecule has 142 valence electrons. The maximum atomic E-state index is 13.7. The van der Waals surface area contributed by atoms with E-state index >= 15 is 0 Å². The van der Waals surface area contributed by atoms with Crippen molar-refractivity contribution in [1.82, 2.24) is 0 Å². The van der Waals surface area contributed by atoms with Gasteiger partial charge in [0, 0.05) is 17.3 Å². The SMILES string of the molecule is Cc1ccc(NC(=O)C(C)C)cc1NC(=O)C1(c2cccc(F)c2)CCC1.